The van der Waals surface area contributed by atoms with E-state index >= 15 is 0 Å². The van der Waals surface area contributed by atoms with Crippen LogP contribution in [0, 0.1) is 0 Å². The van der Waals surface area contributed by atoms with Crippen LogP contribution in [0.2, 0.25) is 0 Å². The first kappa shape index (κ1) is 6.66. The number of aryl methyl sites for hydroxylation is 1. The van der Waals surface area contributed by atoms with Crippen LogP contribution in [0.25, 0.3) is 0 Å². The molecule has 1 amide bonds. The zero-order valence-corrected chi connectivity index (χ0v) is 5.27. The summed E-state index contributed by atoms with van der Waals surface area (Å²) in [5.74, 6) is -0.351. The molecule has 0 bridgehead atoms. The minimum absolute atomic E-state index is 0.269. The van der Waals surface area contributed by atoms with Crippen molar-refractivity contribution < 1.29 is 4.79 Å². The predicted octanol–water partition coefficient (Wildman–Crippen LogP) is -1.45. The molecule has 6 heteroatoms. The molecule has 1 heterocycles. The van der Waals surface area contributed by atoms with Gasteiger partial charge in [-0.2, -0.15) is 0 Å². The van der Waals surface area contributed by atoms with E-state index in [1.165, 1.54) is 11.0 Å². The summed E-state index contributed by atoms with van der Waals surface area (Å²) >= 11 is 0. The van der Waals surface area contributed by atoms with E-state index in [0.29, 0.717) is 6.54 Å². The first-order valence-corrected chi connectivity index (χ1v) is 2.78. The van der Waals surface area contributed by atoms with Crippen LogP contribution < -0.4 is 5.73 Å². The van der Waals surface area contributed by atoms with Gasteiger partial charge in [0, 0.05) is 6.42 Å². The highest BCUT2D eigenvalue weighted by Crippen LogP contribution is 1.82. The molecule has 0 aliphatic carbocycles. The third-order valence-corrected chi connectivity index (χ3v) is 0.979. The Kier molecular flexibility index (Phi) is 1.93. The summed E-state index contributed by atoms with van der Waals surface area (Å²) in [6, 6.07) is 0. The van der Waals surface area contributed by atoms with E-state index in [2.05, 4.69) is 15.5 Å². The molecule has 0 radical (unpaired) electrons. The van der Waals surface area contributed by atoms with Crippen molar-refractivity contribution in [2.24, 2.45) is 5.73 Å². The number of primary amides is 1. The Hall–Kier alpha value is -1.46. The fourth-order valence-electron chi connectivity index (χ4n) is 0.507. The van der Waals surface area contributed by atoms with Crippen molar-refractivity contribution in [1.29, 1.82) is 0 Å². The van der Waals surface area contributed by atoms with Crippen LogP contribution in [0.3, 0.4) is 0 Å². The molecule has 54 valence electrons. The number of rotatable bonds is 3. The Labute approximate surface area is 57.0 Å². The monoisotopic (exact) mass is 141 g/mol. The number of tetrazole rings is 1. The maximum atomic E-state index is 10.2. The van der Waals surface area contributed by atoms with E-state index in [1.54, 1.807) is 0 Å². The summed E-state index contributed by atoms with van der Waals surface area (Å²) in [5.41, 5.74) is 4.89. The van der Waals surface area contributed by atoms with E-state index < -0.39 is 0 Å². The lowest BCUT2D eigenvalue weighted by atomic mass is 10.4. The molecule has 10 heavy (non-hydrogen) atoms. The van der Waals surface area contributed by atoms with Crippen LogP contribution in [0.1, 0.15) is 6.42 Å². The lowest BCUT2D eigenvalue weighted by molar-refractivity contribution is -0.118. The van der Waals surface area contributed by atoms with E-state index in [0.717, 1.165) is 0 Å². The van der Waals surface area contributed by atoms with Crippen LogP contribution in [-0.2, 0) is 11.3 Å². The molecule has 0 saturated heterocycles. The van der Waals surface area contributed by atoms with Crippen LogP contribution >= 0.6 is 0 Å². The number of carbonyl (C=O) groups is 1. The van der Waals surface area contributed by atoms with E-state index in [4.69, 9.17) is 5.73 Å². The summed E-state index contributed by atoms with van der Waals surface area (Å²) in [7, 11) is 0. The average molecular weight is 141 g/mol. The van der Waals surface area contributed by atoms with Gasteiger partial charge in [0.05, 0.1) is 6.54 Å². The van der Waals surface area contributed by atoms with Gasteiger partial charge in [-0.25, -0.2) is 4.68 Å². The van der Waals surface area contributed by atoms with Crippen molar-refractivity contribution in [3.8, 4) is 0 Å². The quantitative estimate of drug-likeness (QED) is 0.557. The van der Waals surface area contributed by atoms with E-state index in [-0.39, 0.29) is 12.3 Å². The fourth-order valence-corrected chi connectivity index (χ4v) is 0.507. The number of amides is 1. The highest BCUT2D eigenvalue weighted by atomic mass is 16.1. The van der Waals surface area contributed by atoms with Crippen LogP contribution in [-0.4, -0.2) is 26.1 Å². The molecule has 2 N–H and O–H groups in total. The van der Waals surface area contributed by atoms with Crippen molar-refractivity contribution in [3.63, 3.8) is 0 Å². The Balaban J connectivity index is 2.35. The molecule has 0 spiro atoms. The SMILES string of the molecule is NC(=O)CCn1cnnn1. The molecule has 1 aromatic rings. The summed E-state index contributed by atoms with van der Waals surface area (Å²) in [6.45, 7) is 0.447. The predicted molar refractivity (Wildman–Crippen MR) is 31.6 cm³/mol. The second kappa shape index (κ2) is 2.90. The van der Waals surface area contributed by atoms with Gasteiger partial charge in [0.1, 0.15) is 6.33 Å². The van der Waals surface area contributed by atoms with Gasteiger partial charge in [0.15, 0.2) is 0 Å². The van der Waals surface area contributed by atoms with Crippen molar-refractivity contribution in [2.45, 2.75) is 13.0 Å². The molecule has 0 fully saturated rings. The van der Waals surface area contributed by atoms with Gasteiger partial charge in [0.25, 0.3) is 0 Å². The molecule has 0 atom stereocenters. The smallest absolute Gasteiger partial charge is 0.219 e. The maximum absolute atomic E-state index is 10.2. The second-order valence-corrected chi connectivity index (χ2v) is 1.79. The molecule has 0 unspecified atom stereocenters. The average Bonchev–Trinajstić information content (AvgIpc) is 2.34. The molecule has 1 rings (SSSR count). The fraction of sp³-hybridized carbons (Fsp3) is 0.500. The summed E-state index contributed by atoms with van der Waals surface area (Å²) in [6.07, 6.45) is 1.70. The van der Waals surface area contributed by atoms with E-state index in [1.807, 2.05) is 0 Å². The van der Waals surface area contributed by atoms with Gasteiger partial charge < -0.3 is 5.73 Å². The minimum atomic E-state index is -0.351. The third kappa shape index (κ3) is 1.81. The first-order chi connectivity index (χ1) is 4.79. The van der Waals surface area contributed by atoms with Gasteiger partial charge in [-0.15, -0.1) is 5.10 Å². The van der Waals surface area contributed by atoms with Gasteiger partial charge >= 0.3 is 0 Å². The maximum Gasteiger partial charge on any atom is 0.219 e. The van der Waals surface area contributed by atoms with Crippen LogP contribution in [0.5, 0.6) is 0 Å². The van der Waals surface area contributed by atoms with Crippen molar-refractivity contribution >= 4 is 5.91 Å². The Morgan fingerprint density at radius 2 is 2.50 bits per heavy atom. The molecule has 0 saturated carbocycles. The second-order valence-electron chi connectivity index (χ2n) is 1.79. The first-order valence-electron chi connectivity index (χ1n) is 2.78. The van der Waals surface area contributed by atoms with Gasteiger partial charge in [-0.3, -0.25) is 4.79 Å². The number of aromatic nitrogens is 4. The van der Waals surface area contributed by atoms with Crippen LogP contribution in [0.4, 0.5) is 0 Å². The van der Waals surface area contributed by atoms with Crippen molar-refractivity contribution in [3.05, 3.63) is 6.33 Å². The lowest BCUT2D eigenvalue weighted by Gasteiger charge is -1.92. The van der Waals surface area contributed by atoms with Crippen molar-refractivity contribution in [1.82, 2.24) is 20.2 Å². The number of hydrogen-bond donors (Lipinski definition) is 1. The zero-order valence-electron chi connectivity index (χ0n) is 5.27. The normalized spacial score (nSPS) is 9.60. The molecule has 0 aliphatic heterocycles. The Bertz CT molecular complexity index is 205. The minimum Gasteiger partial charge on any atom is -0.370 e. The van der Waals surface area contributed by atoms with Gasteiger partial charge in [-0.05, 0) is 10.4 Å². The summed E-state index contributed by atoms with van der Waals surface area (Å²) in [4.78, 5) is 10.2. The standard InChI is InChI=1S/C4H7N5O/c5-4(10)1-2-9-3-6-7-8-9/h3H,1-2H2,(H2,5,10). The molecule has 6 nitrogen and oxygen atoms in total. The Morgan fingerprint density at radius 1 is 1.70 bits per heavy atom. The highest BCUT2D eigenvalue weighted by Gasteiger charge is 1.95. The Morgan fingerprint density at radius 3 is 3.00 bits per heavy atom. The molecular weight excluding hydrogens is 134 g/mol. The largest absolute Gasteiger partial charge is 0.370 e. The topological polar surface area (TPSA) is 86.7 Å². The highest BCUT2D eigenvalue weighted by molar-refractivity contribution is 5.73. The van der Waals surface area contributed by atoms with Crippen LogP contribution in [0.15, 0.2) is 6.33 Å². The third-order valence-electron chi connectivity index (χ3n) is 0.979. The van der Waals surface area contributed by atoms with Crippen molar-refractivity contribution in [2.75, 3.05) is 0 Å². The zero-order chi connectivity index (χ0) is 7.40. The lowest BCUT2D eigenvalue weighted by Crippen LogP contribution is -2.14. The van der Waals surface area contributed by atoms with E-state index in [9.17, 15) is 4.79 Å². The number of hydrogen-bond acceptors (Lipinski definition) is 4. The number of nitrogens with two attached hydrogens (primary N) is 1. The molecule has 0 aliphatic rings. The molecule has 0 aromatic carbocycles. The molecule has 1 aromatic heterocycles. The molecular formula is C4H7N5O. The number of carbonyl (C=O) groups excluding carboxylic acids is 1. The van der Waals surface area contributed by atoms with Gasteiger partial charge in [0.2, 0.25) is 5.91 Å². The number of nitrogens with zero attached hydrogens (tertiary/aromatic N) is 4. The summed E-state index contributed by atoms with van der Waals surface area (Å²) < 4.78 is 1.45. The van der Waals surface area contributed by atoms with Gasteiger partial charge in [-0.1, -0.05) is 0 Å². The summed E-state index contributed by atoms with van der Waals surface area (Å²) in [5, 5.41) is 10.3.